The number of phenols is 1. The maximum Gasteiger partial charge on any atom is 0.374 e. The summed E-state index contributed by atoms with van der Waals surface area (Å²) in [6.45, 7) is 3.82. The number of ketones is 1. The van der Waals surface area contributed by atoms with Crippen LogP contribution in [0.2, 0.25) is 0 Å². The second-order valence-corrected chi connectivity index (χ2v) is 6.54. The molecule has 0 unspecified atom stereocenters. The molecule has 0 amide bonds. The molecule has 1 N–H and O–H groups in total. The Labute approximate surface area is 160 Å². The van der Waals surface area contributed by atoms with Gasteiger partial charge in [-0.25, -0.2) is 4.79 Å². The quantitative estimate of drug-likeness (QED) is 0.396. The highest BCUT2D eigenvalue weighted by Gasteiger charge is 2.19. The van der Waals surface area contributed by atoms with E-state index in [0.717, 1.165) is 21.9 Å². The molecule has 4 aromatic rings. The third kappa shape index (κ3) is 3.13. The van der Waals surface area contributed by atoms with E-state index >= 15 is 0 Å². The molecule has 0 spiro atoms. The monoisotopic (exact) mass is 378 g/mol. The van der Waals surface area contributed by atoms with E-state index in [1.54, 1.807) is 37.3 Å². The number of fused-ring (bicyclic) bond motifs is 2. The van der Waals surface area contributed by atoms with Gasteiger partial charge in [0.2, 0.25) is 11.5 Å². The van der Waals surface area contributed by atoms with Crippen molar-refractivity contribution in [3.05, 3.63) is 65.1 Å². The molecule has 0 aliphatic heterocycles. The molecule has 0 aliphatic carbocycles. The minimum absolute atomic E-state index is 0.0862. The van der Waals surface area contributed by atoms with Gasteiger partial charge < -0.3 is 18.7 Å². The molecule has 0 fully saturated rings. The highest BCUT2D eigenvalue weighted by atomic mass is 16.5. The fraction of sp³-hybridized carbons (Fsp3) is 0.182. The van der Waals surface area contributed by atoms with E-state index in [0.29, 0.717) is 11.2 Å². The average Bonchev–Trinajstić information content (AvgIpc) is 3.22. The number of rotatable bonds is 5. The molecule has 142 valence electrons. The smallest absolute Gasteiger partial charge is 0.374 e. The second-order valence-electron chi connectivity index (χ2n) is 6.54. The number of carbonyl (C=O) groups excluding carboxylic acids is 2. The third-order valence-electron chi connectivity index (χ3n) is 4.60. The maximum atomic E-state index is 12.8. The van der Waals surface area contributed by atoms with Gasteiger partial charge in [-0.3, -0.25) is 4.79 Å². The lowest BCUT2D eigenvalue weighted by Gasteiger charge is -2.00. The number of aromatic hydroxyl groups is 1. The van der Waals surface area contributed by atoms with E-state index in [4.69, 9.17) is 13.6 Å². The molecule has 2 aromatic carbocycles. The standard InChI is InChI=1S/C22H18O6/c1-3-26-22(25)20-10-14-8-13(4-7-18(14)27-20)9-17(24)21-12(2)16-6-5-15(23)11-19(16)28-21/h4-8,10-11,23H,3,9H2,1-2H3. The number of furan rings is 2. The van der Waals surface area contributed by atoms with Crippen LogP contribution in [0, 0.1) is 6.92 Å². The summed E-state index contributed by atoms with van der Waals surface area (Å²) in [4.78, 5) is 24.6. The van der Waals surface area contributed by atoms with Crippen LogP contribution in [0.4, 0.5) is 0 Å². The normalized spacial score (nSPS) is 11.2. The van der Waals surface area contributed by atoms with Gasteiger partial charge in [0.1, 0.15) is 16.9 Å². The molecule has 0 atom stereocenters. The first-order valence-corrected chi connectivity index (χ1v) is 8.91. The third-order valence-corrected chi connectivity index (χ3v) is 4.60. The molecule has 4 rings (SSSR count). The van der Waals surface area contributed by atoms with E-state index in [-0.39, 0.29) is 36.1 Å². The Hall–Kier alpha value is -3.54. The zero-order valence-electron chi connectivity index (χ0n) is 15.4. The van der Waals surface area contributed by atoms with Crippen LogP contribution in [0.15, 0.2) is 51.3 Å². The molecule has 0 radical (unpaired) electrons. The first-order chi connectivity index (χ1) is 13.5. The fourth-order valence-electron chi connectivity index (χ4n) is 3.25. The number of hydrogen-bond acceptors (Lipinski definition) is 6. The zero-order valence-corrected chi connectivity index (χ0v) is 15.4. The summed E-state index contributed by atoms with van der Waals surface area (Å²) in [5, 5.41) is 11.1. The van der Waals surface area contributed by atoms with Crippen LogP contribution in [0.1, 0.15) is 39.2 Å². The number of carbonyl (C=O) groups is 2. The van der Waals surface area contributed by atoms with E-state index in [2.05, 4.69) is 0 Å². The molecule has 2 heterocycles. The van der Waals surface area contributed by atoms with Gasteiger partial charge in [0, 0.05) is 28.8 Å². The van der Waals surface area contributed by atoms with Crippen molar-refractivity contribution in [3.8, 4) is 5.75 Å². The predicted molar refractivity (Wildman–Crippen MR) is 103 cm³/mol. The van der Waals surface area contributed by atoms with Gasteiger partial charge in [-0.2, -0.15) is 0 Å². The van der Waals surface area contributed by atoms with Gasteiger partial charge in [-0.05, 0) is 49.7 Å². The van der Waals surface area contributed by atoms with E-state index < -0.39 is 5.97 Å². The zero-order chi connectivity index (χ0) is 19.8. The lowest BCUT2D eigenvalue weighted by atomic mass is 10.0. The average molecular weight is 378 g/mol. The Balaban J connectivity index is 1.61. The Morgan fingerprint density at radius 3 is 2.64 bits per heavy atom. The summed E-state index contributed by atoms with van der Waals surface area (Å²) < 4.78 is 16.1. The van der Waals surface area contributed by atoms with Crippen molar-refractivity contribution in [2.24, 2.45) is 0 Å². The van der Waals surface area contributed by atoms with Crippen LogP contribution in [0.5, 0.6) is 5.75 Å². The molecule has 28 heavy (non-hydrogen) atoms. The molecular weight excluding hydrogens is 360 g/mol. The van der Waals surface area contributed by atoms with Gasteiger partial charge in [0.15, 0.2) is 5.76 Å². The number of ether oxygens (including phenoxy) is 1. The van der Waals surface area contributed by atoms with Crippen LogP contribution in [-0.4, -0.2) is 23.5 Å². The summed E-state index contributed by atoms with van der Waals surface area (Å²) in [6, 6.07) is 11.7. The Kier molecular flexibility index (Phi) is 4.39. The molecule has 0 saturated carbocycles. The van der Waals surface area contributed by atoms with Gasteiger partial charge in [0.25, 0.3) is 0 Å². The molecule has 6 heteroatoms. The second kappa shape index (κ2) is 6.88. The molecule has 0 aliphatic rings. The number of esters is 1. The van der Waals surface area contributed by atoms with Gasteiger partial charge in [-0.1, -0.05) is 6.07 Å². The van der Waals surface area contributed by atoms with Crippen LogP contribution in [0.25, 0.3) is 21.9 Å². The Morgan fingerprint density at radius 2 is 1.86 bits per heavy atom. The van der Waals surface area contributed by atoms with Crippen molar-refractivity contribution in [1.29, 1.82) is 0 Å². The highest BCUT2D eigenvalue weighted by Crippen LogP contribution is 2.29. The van der Waals surface area contributed by atoms with Gasteiger partial charge >= 0.3 is 5.97 Å². The lowest BCUT2D eigenvalue weighted by molar-refractivity contribution is 0.0492. The number of hydrogen-bond donors (Lipinski definition) is 1. The molecular formula is C22H18O6. The number of phenolic OH excluding ortho intramolecular Hbond substituents is 1. The molecule has 2 aromatic heterocycles. The van der Waals surface area contributed by atoms with Gasteiger partial charge in [0.05, 0.1) is 6.61 Å². The van der Waals surface area contributed by atoms with Crippen molar-refractivity contribution >= 4 is 33.7 Å². The van der Waals surface area contributed by atoms with Crippen molar-refractivity contribution in [2.45, 2.75) is 20.3 Å². The molecule has 0 saturated heterocycles. The topological polar surface area (TPSA) is 89.9 Å². The maximum absolute atomic E-state index is 12.8. The minimum Gasteiger partial charge on any atom is -0.508 e. The van der Waals surface area contributed by atoms with E-state index in [1.807, 2.05) is 13.0 Å². The van der Waals surface area contributed by atoms with Crippen LogP contribution < -0.4 is 0 Å². The first-order valence-electron chi connectivity index (χ1n) is 8.91. The van der Waals surface area contributed by atoms with Crippen LogP contribution in [-0.2, 0) is 11.2 Å². The predicted octanol–water partition coefficient (Wildman–Crippen LogP) is 4.80. The van der Waals surface area contributed by atoms with Crippen LogP contribution in [0.3, 0.4) is 0 Å². The van der Waals surface area contributed by atoms with E-state index in [1.165, 1.54) is 6.07 Å². The molecule has 6 nitrogen and oxygen atoms in total. The summed E-state index contributed by atoms with van der Waals surface area (Å²) in [5.74, 6) is -0.185. The summed E-state index contributed by atoms with van der Waals surface area (Å²) in [6.07, 6.45) is 0.141. The van der Waals surface area contributed by atoms with Crippen LogP contribution >= 0.6 is 0 Å². The summed E-state index contributed by atoms with van der Waals surface area (Å²) >= 11 is 0. The number of Topliss-reactive ketones (excluding diaryl/α,β-unsaturated/α-hetero) is 1. The summed E-state index contributed by atoms with van der Waals surface area (Å²) in [7, 11) is 0. The van der Waals surface area contributed by atoms with E-state index in [9.17, 15) is 14.7 Å². The summed E-state index contributed by atoms with van der Waals surface area (Å²) in [5.41, 5.74) is 2.55. The largest absolute Gasteiger partial charge is 0.508 e. The lowest BCUT2D eigenvalue weighted by Crippen LogP contribution is -2.03. The van der Waals surface area contributed by atoms with Crippen molar-refractivity contribution < 1.29 is 28.3 Å². The Bertz CT molecular complexity index is 1210. The Morgan fingerprint density at radius 1 is 1.04 bits per heavy atom. The van der Waals surface area contributed by atoms with Crippen molar-refractivity contribution in [1.82, 2.24) is 0 Å². The number of aryl methyl sites for hydroxylation is 1. The van der Waals surface area contributed by atoms with Crippen molar-refractivity contribution in [3.63, 3.8) is 0 Å². The minimum atomic E-state index is -0.516. The van der Waals surface area contributed by atoms with Gasteiger partial charge in [-0.15, -0.1) is 0 Å². The first kappa shape index (κ1) is 17.9. The highest BCUT2D eigenvalue weighted by molar-refractivity contribution is 6.02. The number of benzene rings is 2. The SMILES string of the molecule is CCOC(=O)c1cc2cc(CC(=O)c3oc4cc(O)ccc4c3C)ccc2o1. The fourth-order valence-corrected chi connectivity index (χ4v) is 3.25. The van der Waals surface area contributed by atoms with Crippen molar-refractivity contribution in [2.75, 3.05) is 6.61 Å². The molecule has 0 bridgehead atoms.